The molecule has 0 spiro atoms. The highest BCUT2D eigenvalue weighted by Crippen LogP contribution is 2.44. The van der Waals surface area contributed by atoms with Crippen LogP contribution in [0.25, 0.3) is 11.1 Å². The smallest absolute Gasteiger partial charge is 0.251 e. The summed E-state index contributed by atoms with van der Waals surface area (Å²) < 4.78 is 13.2. The maximum atomic E-state index is 13.2. The fourth-order valence-corrected chi connectivity index (χ4v) is 5.00. The Bertz CT molecular complexity index is 1180. The van der Waals surface area contributed by atoms with Crippen molar-refractivity contribution < 1.29 is 9.18 Å². The molecule has 3 aromatic rings. The monoisotopic (exact) mass is 425 g/mol. The first-order valence-corrected chi connectivity index (χ1v) is 11.0. The van der Waals surface area contributed by atoms with Crippen molar-refractivity contribution >= 4 is 5.91 Å². The summed E-state index contributed by atoms with van der Waals surface area (Å²) in [5.74, 6) is 0.0472. The van der Waals surface area contributed by atoms with Crippen LogP contribution in [-0.2, 0) is 6.42 Å². The number of hydrogen-bond acceptors (Lipinski definition) is 3. The number of carbonyl (C=O) groups excluding carboxylic acids is 1. The second-order valence-electron chi connectivity index (χ2n) is 8.86. The van der Waals surface area contributed by atoms with Crippen LogP contribution in [0.15, 0.2) is 72.8 Å². The number of amides is 1. The molecule has 1 amide bonds. The van der Waals surface area contributed by atoms with Crippen molar-refractivity contribution in [2.75, 3.05) is 13.1 Å². The molecule has 0 aromatic heterocycles. The van der Waals surface area contributed by atoms with Crippen molar-refractivity contribution in [1.29, 1.82) is 5.26 Å². The molecule has 2 atom stereocenters. The van der Waals surface area contributed by atoms with E-state index >= 15 is 0 Å². The molecule has 2 aliphatic rings. The van der Waals surface area contributed by atoms with Gasteiger partial charge in [-0.15, -0.1) is 0 Å². The number of benzene rings is 3. The molecule has 1 aliphatic carbocycles. The molecular formula is C27H24FN3O. The van der Waals surface area contributed by atoms with Crippen molar-refractivity contribution in [2.24, 2.45) is 5.92 Å². The fourth-order valence-electron chi connectivity index (χ4n) is 5.00. The normalized spacial score (nSPS) is 21.4. The van der Waals surface area contributed by atoms with Gasteiger partial charge in [-0.25, -0.2) is 4.39 Å². The van der Waals surface area contributed by atoms with Crippen molar-refractivity contribution in [3.8, 4) is 17.3 Å². The van der Waals surface area contributed by atoms with Crippen LogP contribution in [0.5, 0.6) is 0 Å². The molecule has 1 N–H and O–H groups in total. The topological polar surface area (TPSA) is 56.1 Å². The average Bonchev–Trinajstić information content (AvgIpc) is 3.05. The van der Waals surface area contributed by atoms with Crippen LogP contribution in [0.3, 0.4) is 0 Å². The Morgan fingerprint density at radius 3 is 2.53 bits per heavy atom. The maximum Gasteiger partial charge on any atom is 0.251 e. The maximum absolute atomic E-state index is 13.2. The van der Waals surface area contributed by atoms with Crippen LogP contribution in [-0.4, -0.2) is 29.4 Å². The molecule has 2 fully saturated rings. The zero-order chi connectivity index (χ0) is 22.1. The summed E-state index contributed by atoms with van der Waals surface area (Å²) in [5.41, 5.74) is 4.70. The van der Waals surface area contributed by atoms with E-state index in [1.165, 1.54) is 12.1 Å². The number of fused-ring (bicyclic) bond motifs is 1. The Hall–Kier alpha value is -3.65. The lowest BCUT2D eigenvalue weighted by Crippen LogP contribution is -2.60. The lowest BCUT2D eigenvalue weighted by Gasteiger charge is -2.44. The lowest BCUT2D eigenvalue weighted by molar-refractivity contribution is 0.0762. The fraction of sp³-hybridized carbons (Fsp3) is 0.259. The lowest BCUT2D eigenvalue weighted by atomic mass is 9.69. The molecule has 1 saturated carbocycles. The van der Waals surface area contributed by atoms with Gasteiger partial charge in [0.1, 0.15) is 5.82 Å². The first kappa shape index (κ1) is 20.3. The van der Waals surface area contributed by atoms with Gasteiger partial charge < -0.3 is 10.2 Å². The van der Waals surface area contributed by atoms with Gasteiger partial charge >= 0.3 is 0 Å². The predicted molar refractivity (Wildman–Crippen MR) is 121 cm³/mol. The molecule has 2 unspecified atom stereocenters. The van der Waals surface area contributed by atoms with E-state index < -0.39 is 0 Å². The van der Waals surface area contributed by atoms with E-state index in [2.05, 4.69) is 23.6 Å². The largest absolute Gasteiger partial charge is 0.344 e. The van der Waals surface area contributed by atoms with Crippen molar-refractivity contribution in [2.45, 2.75) is 24.8 Å². The zero-order valence-corrected chi connectivity index (χ0v) is 17.7. The third kappa shape index (κ3) is 3.73. The van der Waals surface area contributed by atoms with Crippen LogP contribution < -0.4 is 5.32 Å². The molecule has 0 radical (unpaired) electrons. The van der Waals surface area contributed by atoms with Gasteiger partial charge in [-0.05, 0) is 65.8 Å². The van der Waals surface area contributed by atoms with Crippen molar-refractivity contribution in [3.05, 3.63) is 95.3 Å². The second kappa shape index (κ2) is 8.12. The number of hydrogen-bond donors (Lipinski definition) is 1. The van der Waals surface area contributed by atoms with Crippen LogP contribution in [0.1, 0.15) is 34.3 Å². The molecule has 5 heteroatoms. The van der Waals surface area contributed by atoms with Crippen LogP contribution in [0.4, 0.5) is 4.39 Å². The Kier molecular flexibility index (Phi) is 5.14. The summed E-state index contributed by atoms with van der Waals surface area (Å²) in [6, 6.07) is 22.4. The van der Waals surface area contributed by atoms with Gasteiger partial charge in [-0.1, -0.05) is 48.5 Å². The minimum absolute atomic E-state index is 0.0827. The third-order valence-electron chi connectivity index (χ3n) is 6.92. The van der Waals surface area contributed by atoms with Gasteiger partial charge in [0.15, 0.2) is 6.19 Å². The minimum Gasteiger partial charge on any atom is -0.344 e. The van der Waals surface area contributed by atoms with Gasteiger partial charge in [0.25, 0.3) is 5.91 Å². The Morgan fingerprint density at radius 1 is 1.09 bits per heavy atom. The molecule has 0 bridgehead atoms. The van der Waals surface area contributed by atoms with E-state index in [1.807, 2.05) is 48.5 Å². The number of likely N-dealkylation sites (tertiary alicyclic amines) is 1. The zero-order valence-electron chi connectivity index (χ0n) is 17.7. The number of rotatable bonds is 5. The molecule has 4 nitrogen and oxygen atoms in total. The number of nitrogens with zero attached hydrogens (tertiary/aromatic N) is 2. The number of carbonyl (C=O) groups is 1. The molecule has 1 aliphatic heterocycles. The summed E-state index contributed by atoms with van der Waals surface area (Å²) >= 11 is 0. The molecule has 160 valence electrons. The van der Waals surface area contributed by atoms with E-state index in [0.29, 0.717) is 24.4 Å². The molecule has 5 rings (SSSR count). The SMILES string of the molecule is N#CN1CC2CCC2(NC(=O)c2ccc(-c3ccccc3Cc3ccc(F)cc3)cc2)C1. The summed E-state index contributed by atoms with van der Waals surface area (Å²) in [5, 5.41) is 12.4. The number of nitrogens with one attached hydrogen (secondary N) is 1. The van der Waals surface area contributed by atoms with E-state index in [9.17, 15) is 14.4 Å². The standard InChI is InChI=1S/C27H24FN3O/c28-24-11-5-19(6-12-24)15-22-3-1-2-4-25(22)20-7-9-21(10-8-20)26(32)30-27-14-13-23(27)16-31(17-27)18-29/h1-12,23H,13-17H2,(H,30,32). The number of nitriles is 1. The summed E-state index contributed by atoms with van der Waals surface area (Å²) in [4.78, 5) is 14.7. The van der Waals surface area contributed by atoms with Crippen LogP contribution in [0, 0.1) is 23.2 Å². The van der Waals surface area contributed by atoms with E-state index in [-0.39, 0.29) is 17.3 Å². The molecule has 3 aromatic carbocycles. The van der Waals surface area contributed by atoms with E-state index in [4.69, 9.17) is 0 Å². The minimum atomic E-state index is -0.257. The summed E-state index contributed by atoms with van der Waals surface area (Å²) in [7, 11) is 0. The van der Waals surface area contributed by atoms with Gasteiger partial charge in [0.05, 0.1) is 12.1 Å². The predicted octanol–water partition coefficient (Wildman–Crippen LogP) is 4.76. The van der Waals surface area contributed by atoms with Gasteiger partial charge in [0, 0.05) is 18.0 Å². The van der Waals surface area contributed by atoms with Crippen molar-refractivity contribution in [3.63, 3.8) is 0 Å². The second-order valence-corrected chi connectivity index (χ2v) is 8.86. The van der Waals surface area contributed by atoms with E-state index in [1.54, 1.807) is 4.90 Å². The Labute approximate surface area is 187 Å². The highest BCUT2D eigenvalue weighted by molar-refractivity contribution is 5.95. The highest BCUT2D eigenvalue weighted by atomic mass is 19.1. The summed E-state index contributed by atoms with van der Waals surface area (Å²) in [6.45, 7) is 1.34. The highest BCUT2D eigenvalue weighted by Gasteiger charge is 2.54. The van der Waals surface area contributed by atoms with Crippen LogP contribution in [0.2, 0.25) is 0 Å². The molecule has 1 saturated heterocycles. The quantitative estimate of drug-likeness (QED) is 0.600. The average molecular weight is 426 g/mol. The Balaban J connectivity index is 1.33. The molecule has 1 heterocycles. The Morgan fingerprint density at radius 2 is 1.84 bits per heavy atom. The molecular weight excluding hydrogens is 401 g/mol. The van der Waals surface area contributed by atoms with Gasteiger partial charge in [-0.2, -0.15) is 5.26 Å². The van der Waals surface area contributed by atoms with Gasteiger partial charge in [-0.3, -0.25) is 4.79 Å². The van der Waals surface area contributed by atoms with Crippen LogP contribution >= 0.6 is 0 Å². The molecule has 32 heavy (non-hydrogen) atoms. The van der Waals surface area contributed by atoms with Crippen molar-refractivity contribution in [1.82, 2.24) is 10.2 Å². The third-order valence-corrected chi connectivity index (χ3v) is 6.92. The van der Waals surface area contributed by atoms with Gasteiger partial charge in [0.2, 0.25) is 0 Å². The van der Waals surface area contributed by atoms with E-state index in [0.717, 1.165) is 41.6 Å². The first-order chi connectivity index (χ1) is 15.6. The summed E-state index contributed by atoms with van der Waals surface area (Å²) in [6.07, 6.45) is 4.91. The first-order valence-electron chi connectivity index (χ1n) is 11.0. The number of halogens is 1.